The van der Waals surface area contributed by atoms with Crippen molar-refractivity contribution in [2.24, 2.45) is 0 Å². The predicted molar refractivity (Wildman–Crippen MR) is 55.7 cm³/mol. The second kappa shape index (κ2) is 4.11. The van der Waals surface area contributed by atoms with E-state index in [1.54, 1.807) is 0 Å². The largest absolute Gasteiger partial charge is 0.509 e. The number of hydrogen-bond donors (Lipinski definition) is 0. The molecule has 0 N–H and O–H groups in total. The van der Waals surface area contributed by atoms with Crippen LogP contribution in [0.3, 0.4) is 0 Å². The fraction of sp³-hybridized carbons (Fsp3) is 0.800. The molecule has 0 aromatic carbocycles. The van der Waals surface area contributed by atoms with Crippen LogP contribution in [0.2, 0.25) is 0 Å². The molecule has 0 radical (unpaired) electrons. The Morgan fingerprint density at radius 3 is 1.36 bits per heavy atom. The molecule has 0 spiro atoms. The monoisotopic (exact) mass is 320 g/mol. The van der Waals surface area contributed by atoms with Gasteiger partial charge < -0.3 is 9.47 Å². The molecule has 9 heteroatoms. The first-order valence-electron chi connectivity index (χ1n) is 3.13. The van der Waals surface area contributed by atoms with Crippen LogP contribution in [0.15, 0.2) is 0 Å². The van der Waals surface area contributed by atoms with Crippen molar-refractivity contribution < 1.29 is 14.3 Å². The number of cyclic esters (lactones) is 2. The van der Waals surface area contributed by atoms with Gasteiger partial charge in [-0.2, -0.15) is 0 Å². The minimum Gasteiger partial charge on any atom is -0.422 e. The summed E-state index contributed by atoms with van der Waals surface area (Å²) >= 11 is 33.0. The van der Waals surface area contributed by atoms with Crippen LogP contribution in [-0.2, 0) is 9.47 Å². The lowest BCUT2D eigenvalue weighted by molar-refractivity contribution is 0.116. The molecule has 1 rings (SSSR count). The van der Waals surface area contributed by atoms with E-state index in [2.05, 4.69) is 9.47 Å². The molecule has 82 valence electrons. The number of ether oxygens (including phenoxy) is 2. The molecule has 2 atom stereocenters. The molecular weight excluding hydrogens is 321 g/mol. The van der Waals surface area contributed by atoms with Crippen molar-refractivity contribution in [3.63, 3.8) is 0 Å². The maximum atomic E-state index is 10.8. The van der Waals surface area contributed by atoms with E-state index in [4.69, 9.17) is 69.6 Å². The Kier molecular flexibility index (Phi) is 3.84. The van der Waals surface area contributed by atoms with Crippen molar-refractivity contribution >= 4 is 75.8 Å². The summed E-state index contributed by atoms with van der Waals surface area (Å²) in [6.07, 6.45) is -3.56. The predicted octanol–water partition coefficient (Wildman–Crippen LogP) is 3.63. The van der Waals surface area contributed by atoms with Crippen LogP contribution < -0.4 is 0 Å². The molecule has 0 aromatic rings. The Morgan fingerprint density at radius 2 is 1.14 bits per heavy atom. The molecule has 1 heterocycles. The van der Waals surface area contributed by atoms with E-state index < -0.39 is 25.9 Å². The third-order valence-electron chi connectivity index (χ3n) is 1.37. The Bertz CT molecular complexity index is 219. The number of alkyl halides is 6. The number of hydrogen-bond acceptors (Lipinski definition) is 3. The molecule has 0 bridgehead atoms. The summed E-state index contributed by atoms with van der Waals surface area (Å²) in [7, 11) is 0. The zero-order valence-electron chi connectivity index (χ0n) is 6.15. The third-order valence-corrected chi connectivity index (χ3v) is 2.66. The Hall–Kier alpha value is 1.01. The van der Waals surface area contributed by atoms with Crippen LogP contribution in [0, 0.1) is 0 Å². The average Bonchev–Trinajstić information content (AvgIpc) is 2.27. The number of halogens is 6. The summed E-state index contributed by atoms with van der Waals surface area (Å²) in [5.74, 6) is 0. The van der Waals surface area contributed by atoms with Gasteiger partial charge in [-0.1, -0.05) is 69.6 Å². The van der Waals surface area contributed by atoms with Crippen LogP contribution in [0.25, 0.3) is 0 Å². The maximum Gasteiger partial charge on any atom is 0.509 e. The normalized spacial score (nSPS) is 28.6. The Balaban J connectivity index is 2.89. The van der Waals surface area contributed by atoms with E-state index in [0.29, 0.717) is 0 Å². The maximum absolute atomic E-state index is 10.8. The van der Waals surface area contributed by atoms with E-state index >= 15 is 0 Å². The van der Waals surface area contributed by atoms with Crippen molar-refractivity contribution in [1.82, 2.24) is 0 Å². The summed E-state index contributed by atoms with van der Waals surface area (Å²) in [4.78, 5) is 10.8. The number of rotatable bonds is 0. The van der Waals surface area contributed by atoms with E-state index in [1.165, 1.54) is 0 Å². The lowest BCUT2D eigenvalue weighted by Gasteiger charge is -2.25. The first-order chi connectivity index (χ1) is 6.12. The first-order valence-corrected chi connectivity index (χ1v) is 5.40. The van der Waals surface area contributed by atoms with Crippen LogP contribution >= 0.6 is 69.6 Å². The van der Waals surface area contributed by atoms with Gasteiger partial charge >= 0.3 is 6.16 Å². The quantitative estimate of drug-likeness (QED) is 0.504. The molecule has 1 aliphatic heterocycles. The molecule has 0 amide bonds. The van der Waals surface area contributed by atoms with E-state index in [1.807, 2.05) is 0 Å². The van der Waals surface area contributed by atoms with Crippen molar-refractivity contribution in [3.05, 3.63) is 0 Å². The Labute approximate surface area is 109 Å². The topological polar surface area (TPSA) is 35.5 Å². The van der Waals surface area contributed by atoms with Gasteiger partial charge in [-0.25, -0.2) is 4.79 Å². The van der Waals surface area contributed by atoms with Gasteiger partial charge in [0.2, 0.25) is 7.59 Å². The number of carbonyl (C=O) groups excluding carboxylic acids is 1. The highest BCUT2D eigenvalue weighted by molar-refractivity contribution is 6.70. The van der Waals surface area contributed by atoms with E-state index in [0.717, 1.165) is 0 Å². The molecule has 0 aromatic heterocycles. The molecular formula is C5H2Cl6O3. The minimum atomic E-state index is -1.92. The highest BCUT2D eigenvalue weighted by Gasteiger charge is 2.57. The van der Waals surface area contributed by atoms with Gasteiger partial charge in [-0.05, 0) is 0 Å². The summed E-state index contributed by atoms with van der Waals surface area (Å²) in [5.41, 5.74) is 0. The molecule has 0 saturated carbocycles. The Morgan fingerprint density at radius 1 is 0.857 bits per heavy atom. The standard InChI is InChI=1S/C5H2Cl6O3/c6-4(7,8)1-2(5(9,10)11)14-3(12)13-1/h1-2H/t1-,2-/m0/s1. The molecule has 0 aliphatic carbocycles. The second-order valence-electron chi connectivity index (χ2n) is 2.41. The smallest absolute Gasteiger partial charge is 0.422 e. The molecule has 1 aliphatic rings. The SMILES string of the molecule is O=C1O[C@H](C(Cl)(Cl)Cl)[C@@H](C(Cl)(Cl)Cl)O1. The van der Waals surface area contributed by atoms with E-state index in [9.17, 15) is 4.79 Å². The lowest BCUT2D eigenvalue weighted by atomic mass is 10.2. The van der Waals surface area contributed by atoms with Gasteiger partial charge in [0.1, 0.15) is 0 Å². The van der Waals surface area contributed by atoms with Crippen molar-refractivity contribution in [3.8, 4) is 0 Å². The summed E-state index contributed by atoms with van der Waals surface area (Å²) in [6, 6.07) is 0. The van der Waals surface area contributed by atoms with Crippen LogP contribution in [0.1, 0.15) is 0 Å². The summed E-state index contributed by atoms with van der Waals surface area (Å²) in [6.45, 7) is 0. The third kappa shape index (κ3) is 3.00. The van der Waals surface area contributed by atoms with Gasteiger partial charge in [0.05, 0.1) is 0 Å². The zero-order valence-corrected chi connectivity index (χ0v) is 10.7. The number of carbonyl (C=O) groups is 1. The van der Waals surface area contributed by atoms with Crippen molar-refractivity contribution in [2.75, 3.05) is 0 Å². The molecule has 1 saturated heterocycles. The van der Waals surface area contributed by atoms with Crippen LogP contribution in [0.4, 0.5) is 4.79 Å². The summed E-state index contributed by atoms with van der Waals surface area (Å²) in [5, 5.41) is 0. The average molecular weight is 323 g/mol. The van der Waals surface area contributed by atoms with Gasteiger partial charge in [-0.15, -0.1) is 0 Å². The fourth-order valence-electron chi connectivity index (χ4n) is 0.836. The van der Waals surface area contributed by atoms with E-state index in [-0.39, 0.29) is 0 Å². The second-order valence-corrected chi connectivity index (χ2v) is 7.15. The fourth-order valence-corrected chi connectivity index (χ4v) is 1.79. The highest BCUT2D eigenvalue weighted by Crippen LogP contribution is 2.45. The summed E-state index contributed by atoms with van der Waals surface area (Å²) < 4.78 is 5.28. The van der Waals surface area contributed by atoms with Gasteiger partial charge in [0.15, 0.2) is 12.2 Å². The highest BCUT2D eigenvalue weighted by atomic mass is 35.6. The molecule has 3 nitrogen and oxygen atoms in total. The van der Waals surface area contributed by atoms with Gasteiger partial charge in [0, 0.05) is 0 Å². The minimum absolute atomic E-state index is 1.04. The zero-order chi connectivity index (χ0) is 11.1. The molecule has 14 heavy (non-hydrogen) atoms. The van der Waals surface area contributed by atoms with Gasteiger partial charge in [0.25, 0.3) is 0 Å². The first kappa shape index (κ1) is 13.1. The molecule has 1 fully saturated rings. The van der Waals surface area contributed by atoms with Crippen LogP contribution in [0.5, 0.6) is 0 Å². The molecule has 0 unspecified atom stereocenters. The van der Waals surface area contributed by atoms with Gasteiger partial charge in [-0.3, -0.25) is 0 Å². The van der Waals surface area contributed by atoms with Crippen molar-refractivity contribution in [1.29, 1.82) is 0 Å². The van der Waals surface area contributed by atoms with Crippen LogP contribution in [-0.4, -0.2) is 25.9 Å². The van der Waals surface area contributed by atoms with Crippen molar-refractivity contribution in [2.45, 2.75) is 19.8 Å². The lowest BCUT2D eigenvalue weighted by Crippen LogP contribution is -2.42.